The second kappa shape index (κ2) is 9.95. The van der Waals surface area contributed by atoms with Gasteiger partial charge in [-0.25, -0.2) is 0 Å². The van der Waals surface area contributed by atoms with Crippen molar-refractivity contribution in [1.82, 2.24) is 4.90 Å². The lowest BCUT2D eigenvalue weighted by Gasteiger charge is -2.19. The van der Waals surface area contributed by atoms with Gasteiger partial charge in [-0.3, -0.25) is 9.45 Å². The lowest BCUT2D eigenvalue weighted by molar-refractivity contribution is 0.319. The molecule has 3 aromatic carbocycles. The largest absolute Gasteiger partial charge is 0.488 e. The standard InChI is InChI=1S/C21H22BN3O5S/c1-25(15-17-4-2-3-5-21(17)22(26)27)14-16-6-8-18(9-7-16)23-24-19-10-12-20(13-11-19)31(28,29)30/h2-13,26-27H,14-15H2,1H3,(H,28,29,30). The molecule has 10 heteroatoms. The van der Waals surface area contributed by atoms with Crippen molar-refractivity contribution in [2.75, 3.05) is 7.05 Å². The van der Waals surface area contributed by atoms with E-state index < -0.39 is 17.2 Å². The van der Waals surface area contributed by atoms with Gasteiger partial charge >= 0.3 is 7.12 Å². The van der Waals surface area contributed by atoms with Crippen LogP contribution in [0, 0.1) is 0 Å². The summed E-state index contributed by atoms with van der Waals surface area (Å²) in [4.78, 5) is 1.87. The molecule has 31 heavy (non-hydrogen) atoms. The predicted molar refractivity (Wildman–Crippen MR) is 118 cm³/mol. The van der Waals surface area contributed by atoms with Crippen LogP contribution in [-0.4, -0.2) is 42.1 Å². The minimum atomic E-state index is -4.23. The molecule has 0 aliphatic rings. The number of rotatable bonds is 8. The molecule has 3 rings (SSSR count). The van der Waals surface area contributed by atoms with E-state index in [4.69, 9.17) is 4.55 Å². The molecule has 3 aromatic rings. The normalized spacial score (nSPS) is 11.9. The van der Waals surface area contributed by atoms with Gasteiger partial charge in [0.15, 0.2) is 0 Å². The van der Waals surface area contributed by atoms with Gasteiger partial charge in [0.2, 0.25) is 0 Å². The van der Waals surface area contributed by atoms with Crippen LogP contribution in [0.5, 0.6) is 0 Å². The van der Waals surface area contributed by atoms with Crippen molar-refractivity contribution < 1.29 is 23.0 Å². The molecule has 0 spiro atoms. The molecule has 0 saturated heterocycles. The fourth-order valence-corrected chi connectivity index (χ4v) is 3.54. The topological polar surface area (TPSA) is 123 Å². The number of benzene rings is 3. The second-order valence-corrected chi connectivity index (χ2v) is 8.50. The Morgan fingerprint density at radius 3 is 1.94 bits per heavy atom. The zero-order chi connectivity index (χ0) is 22.4. The molecule has 8 nitrogen and oxygen atoms in total. The van der Waals surface area contributed by atoms with Gasteiger partial charge in [0.25, 0.3) is 10.1 Å². The van der Waals surface area contributed by atoms with E-state index in [2.05, 4.69) is 15.1 Å². The molecule has 3 N–H and O–H groups in total. The van der Waals surface area contributed by atoms with Crippen LogP contribution in [0.4, 0.5) is 11.4 Å². The second-order valence-electron chi connectivity index (χ2n) is 7.08. The molecule has 0 amide bonds. The average molecular weight is 439 g/mol. The Morgan fingerprint density at radius 1 is 0.839 bits per heavy atom. The Kier molecular flexibility index (Phi) is 7.31. The van der Waals surface area contributed by atoms with Crippen molar-refractivity contribution in [3.63, 3.8) is 0 Å². The van der Waals surface area contributed by atoms with Gasteiger partial charge in [0.1, 0.15) is 0 Å². The van der Waals surface area contributed by atoms with E-state index in [0.717, 1.165) is 11.1 Å². The van der Waals surface area contributed by atoms with E-state index in [1.807, 2.05) is 43.4 Å². The highest BCUT2D eigenvalue weighted by molar-refractivity contribution is 7.85. The molecule has 0 aliphatic carbocycles. The third kappa shape index (κ3) is 6.55. The Morgan fingerprint density at radius 2 is 1.39 bits per heavy atom. The number of hydrogen-bond acceptors (Lipinski definition) is 7. The monoisotopic (exact) mass is 439 g/mol. The summed E-state index contributed by atoms with van der Waals surface area (Å²) in [5.41, 5.74) is 3.50. The molecule has 0 atom stereocenters. The Labute approximate surface area is 181 Å². The van der Waals surface area contributed by atoms with Crippen molar-refractivity contribution in [2.24, 2.45) is 10.2 Å². The zero-order valence-electron chi connectivity index (χ0n) is 16.8. The van der Waals surface area contributed by atoms with Crippen molar-refractivity contribution in [1.29, 1.82) is 0 Å². The first-order valence-electron chi connectivity index (χ1n) is 9.43. The van der Waals surface area contributed by atoms with Crippen LogP contribution in [0.1, 0.15) is 11.1 Å². The van der Waals surface area contributed by atoms with Gasteiger partial charge in [0, 0.05) is 13.1 Å². The Balaban J connectivity index is 1.60. The van der Waals surface area contributed by atoms with Crippen LogP contribution >= 0.6 is 0 Å². The summed E-state index contributed by atoms with van der Waals surface area (Å²) in [7, 11) is -3.78. The zero-order valence-corrected chi connectivity index (χ0v) is 17.6. The van der Waals surface area contributed by atoms with Crippen LogP contribution in [0.15, 0.2) is 87.9 Å². The van der Waals surface area contributed by atoms with E-state index in [9.17, 15) is 18.5 Å². The maximum absolute atomic E-state index is 11.1. The third-order valence-electron chi connectivity index (χ3n) is 4.58. The summed E-state index contributed by atoms with van der Waals surface area (Å²) in [5, 5.41) is 27.2. The van der Waals surface area contributed by atoms with Crippen molar-refractivity contribution in [2.45, 2.75) is 18.0 Å². The summed E-state index contributed by atoms with van der Waals surface area (Å²) in [6.45, 7) is 1.22. The first-order valence-corrected chi connectivity index (χ1v) is 10.9. The van der Waals surface area contributed by atoms with Gasteiger partial charge in [-0.05, 0) is 60.0 Å². The van der Waals surface area contributed by atoms with Gasteiger partial charge in [-0.1, -0.05) is 36.4 Å². The van der Waals surface area contributed by atoms with Crippen LogP contribution in [-0.2, 0) is 23.2 Å². The fourth-order valence-electron chi connectivity index (χ4n) is 3.06. The fraction of sp³-hybridized carbons (Fsp3) is 0.143. The summed E-state index contributed by atoms with van der Waals surface area (Å²) < 4.78 is 31.1. The molecule has 0 unspecified atom stereocenters. The molecule has 0 saturated carbocycles. The highest BCUT2D eigenvalue weighted by Gasteiger charge is 2.16. The highest BCUT2D eigenvalue weighted by atomic mass is 32.2. The minimum Gasteiger partial charge on any atom is -0.423 e. The molecule has 0 aromatic heterocycles. The molecule has 0 radical (unpaired) electrons. The third-order valence-corrected chi connectivity index (χ3v) is 5.45. The molecule has 160 valence electrons. The van der Waals surface area contributed by atoms with Gasteiger partial charge in [-0.2, -0.15) is 18.6 Å². The van der Waals surface area contributed by atoms with E-state index in [1.165, 1.54) is 24.3 Å². The number of nitrogens with zero attached hydrogens (tertiary/aromatic N) is 3. The quantitative estimate of drug-likeness (QED) is 0.282. The smallest absolute Gasteiger partial charge is 0.423 e. The minimum absolute atomic E-state index is 0.198. The van der Waals surface area contributed by atoms with Crippen LogP contribution in [0.2, 0.25) is 0 Å². The lowest BCUT2D eigenvalue weighted by atomic mass is 9.77. The molecular formula is C21H22BN3O5S. The van der Waals surface area contributed by atoms with E-state index >= 15 is 0 Å². The maximum Gasteiger partial charge on any atom is 0.488 e. The molecule has 0 fully saturated rings. The van der Waals surface area contributed by atoms with E-state index in [1.54, 1.807) is 12.1 Å². The van der Waals surface area contributed by atoms with Gasteiger partial charge in [-0.15, -0.1) is 0 Å². The van der Waals surface area contributed by atoms with Gasteiger partial charge in [0.05, 0.1) is 16.3 Å². The number of hydrogen-bond donors (Lipinski definition) is 3. The SMILES string of the molecule is CN(Cc1ccc(N=Nc2ccc(S(=O)(=O)O)cc2)cc1)Cc1ccccc1B(O)O. The lowest BCUT2D eigenvalue weighted by Crippen LogP contribution is -2.34. The Bertz CT molecular complexity index is 1150. The highest BCUT2D eigenvalue weighted by Crippen LogP contribution is 2.21. The van der Waals surface area contributed by atoms with Crippen LogP contribution in [0.3, 0.4) is 0 Å². The van der Waals surface area contributed by atoms with Gasteiger partial charge < -0.3 is 10.0 Å². The Hall–Kier alpha value is -2.89. The first-order chi connectivity index (χ1) is 14.7. The molecule has 0 bridgehead atoms. The molecule has 0 aliphatic heterocycles. The van der Waals surface area contributed by atoms with E-state index in [-0.39, 0.29) is 4.90 Å². The summed E-state index contributed by atoms with van der Waals surface area (Å²) >= 11 is 0. The summed E-state index contributed by atoms with van der Waals surface area (Å²) in [5.74, 6) is 0. The molecule has 0 heterocycles. The van der Waals surface area contributed by atoms with Crippen molar-refractivity contribution >= 4 is 34.1 Å². The average Bonchev–Trinajstić information content (AvgIpc) is 2.73. The number of azo groups is 1. The van der Waals surface area contributed by atoms with Crippen LogP contribution < -0.4 is 5.46 Å². The summed E-state index contributed by atoms with van der Waals surface area (Å²) in [6, 6.07) is 20.1. The molecular weight excluding hydrogens is 417 g/mol. The maximum atomic E-state index is 11.1. The van der Waals surface area contributed by atoms with Crippen LogP contribution in [0.25, 0.3) is 0 Å². The predicted octanol–water partition coefficient (Wildman–Crippen LogP) is 2.66. The van der Waals surface area contributed by atoms with Crippen molar-refractivity contribution in [3.05, 3.63) is 83.9 Å². The summed E-state index contributed by atoms with van der Waals surface area (Å²) in [6.07, 6.45) is 0. The first kappa shape index (κ1) is 22.8. The van der Waals surface area contributed by atoms with E-state index in [0.29, 0.717) is 29.9 Å². The van der Waals surface area contributed by atoms with Crippen molar-refractivity contribution in [3.8, 4) is 0 Å².